The molecule has 1 amide bonds. The third-order valence-electron chi connectivity index (χ3n) is 4.21. The molecule has 0 bridgehead atoms. The van der Waals surface area contributed by atoms with Gasteiger partial charge in [0.15, 0.2) is 6.10 Å². The molecule has 0 aromatic heterocycles. The second kappa shape index (κ2) is 9.19. The lowest BCUT2D eigenvalue weighted by atomic mass is 10.2. The van der Waals surface area contributed by atoms with E-state index in [9.17, 15) is 13.2 Å². The molecule has 2 N–H and O–H groups in total. The Kier molecular flexibility index (Phi) is 6.64. The molecule has 8 heteroatoms. The van der Waals surface area contributed by atoms with E-state index in [1.807, 2.05) is 13.0 Å². The van der Waals surface area contributed by atoms with Gasteiger partial charge in [-0.15, -0.1) is 0 Å². The van der Waals surface area contributed by atoms with Crippen LogP contribution in [0, 0.1) is 6.92 Å². The van der Waals surface area contributed by atoms with Gasteiger partial charge in [-0.05, 0) is 67.9 Å². The minimum atomic E-state index is -3.74. The number of para-hydroxylation sites is 1. The lowest BCUT2D eigenvalue weighted by molar-refractivity contribution is -0.122. The van der Waals surface area contributed by atoms with Gasteiger partial charge in [-0.2, -0.15) is 0 Å². The normalized spacial score (nSPS) is 12.1. The number of carbonyl (C=O) groups excluding carboxylic acids is 1. The number of hydrogen-bond donors (Lipinski definition) is 2. The van der Waals surface area contributed by atoms with Gasteiger partial charge in [-0.25, -0.2) is 8.42 Å². The molecule has 0 aliphatic rings. The van der Waals surface area contributed by atoms with Crippen LogP contribution in [0.25, 0.3) is 0 Å². The smallest absolute Gasteiger partial charge is 0.265 e. The first-order valence-electron chi connectivity index (χ1n) is 9.16. The standard InChI is InChI=1S/C22H21ClN2O4S/c1-15-6-5-7-18(14-15)25-30(27,28)19-12-10-17(11-13-19)24-22(26)16(2)29-21-9-4-3-8-20(21)23/h3-14,16,25H,1-2H3,(H,24,26)/t16-/m0/s1. The summed E-state index contributed by atoms with van der Waals surface area (Å²) in [4.78, 5) is 12.5. The predicted molar refractivity (Wildman–Crippen MR) is 119 cm³/mol. The monoisotopic (exact) mass is 444 g/mol. The van der Waals surface area contributed by atoms with Crippen molar-refractivity contribution < 1.29 is 17.9 Å². The molecule has 6 nitrogen and oxygen atoms in total. The van der Waals surface area contributed by atoms with Gasteiger partial charge in [-0.3, -0.25) is 9.52 Å². The fourth-order valence-electron chi connectivity index (χ4n) is 2.67. The van der Waals surface area contributed by atoms with Gasteiger partial charge in [0.2, 0.25) is 0 Å². The van der Waals surface area contributed by atoms with Crippen LogP contribution in [0.2, 0.25) is 5.02 Å². The van der Waals surface area contributed by atoms with E-state index in [1.54, 1.807) is 49.4 Å². The number of sulfonamides is 1. The molecule has 3 aromatic carbocycles. The van der Waals surface area contributed by atoms with Crippen molar-refractivity contribution in [2.75, 3.05) is 10.0 Å². The lowest BCUT2D eigenvalue weighted by Gasteiger charge is -2.16. The van der Waals surface area contributed by atoms with Crippen LogP contribution in [-0.4, -0.2) is 20.4 Å². The lowest BCUT2D eigenvalue weighted by Crippen LogP contribution is -2.30. The molecule has 0 aliphatic carbocycles. The topological polar surface area (TPSA) is 84.5 Å². The molecule has 0 unspecified atom stereocenters. The van der Waals surface area contributed by atoms with Crippen LogP contribution in [0.1, 0.15) is 12.5 Å². The number of anilines is 2. The SMILES string of the molecule is Cc1cccc(NS(=O)(=O)c2ccc(NC(=O)[C@H](C)Oc3ccccc3Cl)cc2)c1. The summed E-state index contributed by atoms with van der Waals surface area (Å²) in [7, 11) is -3.74. The first-order valence-corrected chi connectivity index (χ1v) is 11.0. The van der Waals surface area contributed by atoms with Crippen LogP contribution in [0.15, 0.2) is 77.7 Å². The molecule has 0 heterocycles. The molecule has 0 radical (unpaired) electrons. The van der Waals surface area contributed by atoms with Gasteiger partial charge in [0.25, 0.3) is 15.9 Å². The van der Waals surface area contributed by atoms with E-state index in [2.05, 4.69) is 10.0 Å². The number of ether oxygens (including phenoxy) is 1. The van der Waals surface area contributed by atoms with Crippen molar-refractivity contribution in [2.45, 2.75) is 24.8 Å². The molecule has 0 spiro atoms. The largest absolute Gasteiger partial charge is 0.479 e. The Morgan fingerprint density at radius 3 is 2.33 bits per heavy atom. The van der Waals surface area contributed by atoms with Crippen molar-refractivity contribution in [2.24, 2.45) is 0 Å². The van der Waals surface area contributed by atoms with Gasteiger partial charge < -0.3 is 10.1 Å². The number of amides is 1. The molecule has 0 saturated heterocycles. The zero-order valence-corrected chi connectivity index (χ0v) is 18.0. The van der Waals surface area contributed by atoms with E-state index < -0.39 is 16.1 Å². The number of rotatable bonds is 7. The first kappa shape index (κ1) is 21.7. The molecule has 0 fully saturated rings. The number of carbonyl (C=O) groups is 1. The third kappa shape index (κ3) is 5.52. The molecular weight excluding hydrogens is 424 g/mol. The van der Waals surface area contributed by atoms with E-state index in [0.29, 0.717) is 22.1 Å². The van der Waals surface area contributed by atoms with E-state index in [4.69, 9.17) is 16.3 Å². The van der Waals surface area contributed by atoms with Crippen LogP contribution < -0.4 is 14.8 Å². The quantitative estimate of drug-likeness (QED) is 0.545. The fourth-order valence-corrected chi connectivity index (χ4v) is 3.90. The number of halogens is 1. The van der Waals surface area contributed by atoms with E-state index in [-0.39, 0.29) is 10.8 Å². The zero-order chi connectivity index (χ0) is 21.7. The van der Waals surface area contributed by atoms with Crippen LogP contribution in [0.5, 0.6) is 5.75 Å². The summed E-state index contributed by atoms with van der Waals surface area (Å²) in [6.45, 7) is 3.48. The number of hydrogen-bond acceptors (Lipinski definition) is 4. The summed E-state index contributed by atoms with van der Waals surface area (Å²) < 4.78 is 33.2. The van der Waals surface area contributed by atoms with E-state index in [1.165, 1.54) is 24.3 Å². The predicted octanol–water partition coefficient (Wildman–Crippen LogP) is 4.86. The molecule has 0 saturated carbocycles. The second-order valence-electron chi connectivity index (χ2n) is 6.68. The average molecular weight is 445 g/mol. The Balaban J connectivity index is 1.65. The van der Waals surface area contributed by atoms with E-state index >= 15 is 0 Å². The maximum absolute atomic E-state index is 12.6. The van der Waals surface area contributed by atoms with Crippen molar-refractivity contribution in [3.8, 4) is 5.75 Å². The van der Waals surface area contributed by atoms with Crippen LogP contribution >= 0.6 is 11.6 Å². The summed E-state index contributed by atoms with van der Waals surface area (Å²) in [6, 6.07) is 19.8. The fraction of sp³-hybridized carbons (Fsp3) is 0.136. The Morgan fingerprint density at radius 2 is 1.67 bits per heavy atom. The highest BCUT2D eigenvalue weighted by Gasteiger charge is 2.18. The highest BCUT2D eigenvalue weighted by Crippen LogP contribution is 2.24. The Labute approximate surface area is 180 Å². The van der Waals surface area contributed by atoms with Crippen molar-refractivity contribution in [1.29, 1.82) is 0 Å². The Bertz CT molecular complexity index is 1150. The first-order chi connectivity index (χ1) is 14.2. The minimum Gasteiger partial charge on any atom is -0.479 e. The maximum atomic E-state index is 12.6. The molecule has 1 atom stereocenters. The summed E-state index contributed by atoms with van der Waals surface area (Å²) in [6.07, 6.45) is -0.795. The summed E-state index contributed by atoms with van der Waals surface area (Å²) >= 11 is 6.04. The number of nitrogens with one attached hydrogen (secondary N) is 2. The van der Waals surface area contributed by atoms with E-state index in [0.717, 1.165) is 5.56 Å². The van der Waals surface area contributed by atoms with Crippen LogP contribution in [-0.2, 0) is 14.8 Å². The summed E-state index contributed by atoms with van der Waals surface area (Å²) in [5.74, 6) is 0.0221. The molecule has 30 heavy (non-hydrogen) atoms. The third-order valence-corrected chi connectivity index (χ3v) is 5.92. The van der Waals surface area contributed by atoms with Gasteiger partial charge >= 0.3 is 0 Å². The number of benzene rings is 3. The van der Waals surface area contributed by atoms with Gasteiger partial charge in [0, 0.05) is 11.4 Å². The molecule has 3 rings (SSSR count). The molecular formula is C22H21ClN2O4S. The minimum absolute atomic E-state index is 0.0855. The van der Waals surface area contributed by atoms with Crippen molar-refractivity contribution in [3.63, 3.8) is 0 Å². The Morgan fingerprint density at radius 1 is 0.967 bits per heavy atom. The highest BCUT2D eigenvalue weighted by atomic mass is 35.5. The van der Waals surface area contributed by atoms with Gasteiger partial charge in [0.05, 0.1) is 9.92 Å². The second-order valence-corrected chi connectivity index (χ2v) is 8.77. The highest BCUT2D eigenvalue weighted by molar-refractivity contribution is 7.92. The van der Waals surface area contributed by atoms with Gasteiger partial charge in [-0.1, -0.05) is 35.9 Å². The molecule has 3 aromatic rings. The van der Waals surface area contributed by atoms with Crippen molar-refractivity contribution in [3.05, 3.63) is 83.4 Å². The van der Waals surface area contributed by atoms with Crippen LogP contribution in [0.3, 0.4) is 0 Å². The summed E-state index contributed by atoms with van der Waals surface area (Å²) in [5.41, 5.74) is 1.88. The number of aryl methyl sites for hydroxylation is 1. The molecule has 156 valence electrons. The van der Waals surface area contributed by atoms with Crippen molar-refractivity contribution in [1.82, 2.24) is 0 Å². The van der Waals surface area contributed by atoms with Crippen LogP contribution in [0.4, 0.5) is 11.4 Å². The zero-order valence-electron chi connectivity index (χ0n) is 16.4. The average Bonchev–Trinajstić information content (AvgIpc) is 2.70. The van der Waals surface area contributed by atoms with Crippen molar-refractivity contribution >= 4 is 38.9 Å². The summed E-state index contributed by atoms with van der Waals surface area (Å²) in [5, 5.41) is 3.10. The Hall–Kier alpha value is -3.03. The maximum Gasteiger partial charge on any atom is 0.265 e. The van der Waals surface area contributed by atoms with Gasteiger partial charge in [0.1, 0.15) is 5.75 Å². The molecule has 0 aliphatic heterocycles.